The molecule has 3 aromatic carbocycles. The molecule has 0 bridgehead atoms. The van der Waals surface area contributed by atoms with Crippen LogP contribution in [0.5, 0.6) is 5.75 Å². The largest absolute Gasteiger partial charge is 0.503 e. The van der Waals surface area contributed by atoms with Crippen LogP contribution >= 0.6 is 0 Å². The molecular formula is C27H21NO5. The number of ketones is 1. The van der Waals surface area contributed by atoms with Gasteiger partial charge < -0.3 is 19.2 Å². The number of carbonyl (C=O) groups is 2. The fourth-order valence-corrected chi connectivity index (χ4v) is 4.22. The first-order chi connectivity index (χ1) is 16.1. The summed E-state index contributed by atoms with van der Waals surface area (Å²) in [7, 11) is 1.57. The van der Waals surface area contributed by atoms with E-state index in [9.17, 15) is 14.7 Å². The molecule has 0 radical (unpaired) electrons. The Hall–Kier alpha value is -4.32. The third kappa shape index (κ3) is 3.65. The van der Waals surface area contributed by atoms with Gasteiger partial charge in [0.05, 0.1) is 18.7 Å². The Morgan fingerprint density at radius 3 is 2.52 bits per heavy atom. The Kier molecular flexibility index (Phi) is 5.18. The van der Waals surface area contributed by atoms with E-state index in [1.165, 1.54) is 4.90 Å². The van der Waals surface area contributed by atoms with Crippen LogP contribution in [0.4, 0.5) is 0 Å². The van der Waals surface area contributed by atoms with Crippen molar-refractivity contribution >= 4 is 22.7 Å². The second kappa shape index (κ2) is 8.31. The van der Waals surface area contributed by atoms with Crippen molar-refractivity contribution in [2.24, 2.45) is 0 Å². The molecule has 4 aromatic rings. The highest BCUT2D eigenvalue weighted by molar-refractivity contribution is 6.16. The van der Waals surface area contributed by atoms with Crippen molar-refractivity contribution in [1.29, 1.82) is 0 Å². The topological polar surface area (TPSA) is 80.0 Å². The molecule has 1 unspecified atom stereocenters. The van der Waals surface area contributed by atoms with Crippen LogP contribution in [0.25, 0.3) is 11.0 Å². The number of benzene rings is 3. The summed E-state index contributed by atoms with van der Waals surface area (Å²) in [4.78, 5) is 28.2. The van der Waals surface area contributed by atoms with E-state index in [0.717, 1.165) is 16.5 Å². The number of hydrogen-bond donors (Lipinski definition) is 1. The third-order valence-electron chi connectivity index (χ3n) is 5.80. The summed E-state index contributed by atoms with van der Waals surface area (Å²) in [5.41, 5.74) is 2.11. The summed E-state index contributed by atoms with van der Waals surface area (Å²) in [6, 6.07) is 24.7. The average Bonchev–Trinajstić information content (AvgIpc) is 3.39. The smallest absolute Gasteiger partial charge is 0.290 e. The van der Waals surface area contributed by atoms with Gasteiger partial charge in [0.2, 0.25) is 5.78 Å². The summed E-state index contributed by atoms with van der Waals surface area (Å²) in [5.74, 6) is -0.941. The Labute approximate surface area is 190 Å². The normalized spacial score (nSPS) is 16.0. The molecule has 6 nitrogen and oxygen atoms in total. The van der Waals surface area contributed by atoms with Gasteiger partial charge in [0.25, 0.3) is 5.91 Å². The van der Waals surface area contributed by atoms with E-state index in [4.69, 9.17) is 9.15 Å². The molecule has 6 heteroatoms. The first kappa shape index (κ1) is 20.6. The molecule has 164 valence electrons. The Morgan fingerprint density at radius 1 is 1.00 bits per heavy atom. The van der Waals surface area contributed by atoms with Gasteiger partial charge in [-0.3, -0.25) is 9.59 Å². The predicted molar refractivity (Wildman–Crippen MR) is 123 cm³/mol. The van der Waals surface area contributed by atoms with Gasteiger partial charge in [-0.15, -0.1) is 0 Å². The first-order valence-corrected chi connectivity index (χ1v) is 10.5. The van der Waals surface area contributed by atoms with E-state index in [2.05, 4.69) is 0 Å². The Bertz CT molecular complexity index is 1350. The van der Waals surface area contributed by atoms with Crippen molar-refractivity contribution in [2.45, 2.75) is 12.6 Å². The van der Waals surface area contributed by atoms with Gasteiger partial charge in [-0.2, -0.15) is 0 Å². The van der Waals surface area contributed by atoms with Gasteiger partial charge in [0, 0.05) is 11.9 Å². The van der Waals surface area contributed by atoms with Crippen molar-refractivity contribution in [3.8, 4) is 5.75 Å². The molecule has 1 atom stereocenters. The lowest BCUT2D eigenvalue weighted by Gasteiger charge is -2.27. The highest BCUT2D eigenvalue weighted by atomic mass is 16.5. The first-order valence-electron chi connectivity index (χ1n) is 10.5. The quantitative estimate of drug-likeness (QED) is 0.417. The van der Waals surface area contributed by atoms with Crippen LogP contribution in [-0.2, 0) is 11.3 Å². The lowest BCUT2D eigenvalue weighted by atomic mass is 9.95. The van der Waals surface area contributed by atoms with Crippen molar-refractivity contribution in [3.05, 3.63) is 113 Å². The molecule has 0 fully saturated rings. The van der Waals surface area contributed by atoms with Gasteiger partial charge >= 0.3 is 0 Å². The third-order valence-corrected chi connectivity index (χ3v) is 5.80. The zero-order valence-electron chi connectivity index (χ0n) is 17.9. The molecule has 5 rings (SSSR count). The predicted octanol–water partition coefficient (Wildman–Crippen LogP) is 5.22. The Balaban J connectivity index is 1.58. The number of furan rings is 1. The van der Waals surface area contributed by atoms with Crippen LogP contribution in [0.3, 0.4) is 0 Å². The maximum atomic E-state index is 13.5. The minimum Gasteiger partial charge on any atom is -0.503 e. The highest BCUT2D eigenvalue weighted by Gasteiger charge is 2.44. The number of carbonyl (C=O) groups excluding carboxylic acids is 2. The van der Waals surface area contributed by atoms with E-state index in [-0.39, 0.29) is 17.9 Å². The number of para-hydroxylation sites is 1. The summed E-state index contributed by atoms with van der Waals surface area (Å²) in [6.07, 6.45) is 0. The molecule has 0 spiro atoms. The average molecular weight is 439 g/mol. The van der Waals surface area contributed by atoms with Crippen molar-refractivity contribution in [2.75, 3.05) is 7.11 Å². The maximum Gasteiger partial charge on any atom is 0.290 e. The number of nitrogens with zero attached hydrogens (tertiary/aromatic N) is 1. The van der Waals surface area contributed by atoms with Gasteiger partial charge in [-0.05, 0) is 35.4 Å². The SMILES string of the molecule is COc1cccc(CN2C(=O)C(O)=C(C(=O)c3cc4ccccc4o3)C2c2ccccc2)c1. The van der Waals surface area contributed by atoms with Crippen LogP contribution in [-0.4, -0.2) is 28.8 Å². The van der Waals surface area contributed by atoms with Crippen LogP contribution in [0.2, 0.25) is 0 Å². The lowest BCUT2D eigenvalue weighted by Crippen LogP contribution is -2.30. The Morgan fingerprint density at radius 2 is 1.76 bits per heavy atom. The molecule has 1 N–H and O–H groups in total. The van der Waals surface area contributed by atoms with E-state index >= 15 is 0 Å². The summed E-state index contributed by atoms with van der Waals surface area (Å²) in [5, 5.41) is 11.6. The molecular weight excluding hydrogens is 418 g/mol. The standard InChI is InChI=1S/C27H21NO5/c1-32-20-12-7-8-17(14-20)16-28-24(18-9-3-2-4-10-18)23(26(30)27(28)31)25(29)22-15-19-11-5-6-13-21(19)33-22/h2-15,24,30H,16H2,1H3. The van der Waals surface area contributed by atoms with Crippen LogP contribution in [0.15, 0.2) is 101 Å². The maximum absolute atomic E-state index is 13.5. The molecule has 1 amide bonds. The van der Waals surface area contributed by atoms with Crippen LogP contribution in [0.1, 0.15) is 27.7 Å². The summed E-state index contributed by atoms with van der Waals surface area (Å²) >= 11 is 0. The molecule has 1 aliphatic heterocycles. The van der Waals surface area contributed by atoms with Gasteiger partial charge in [0.1, 0.15) is 11.3 Å². The monoisotopic (exact) mass is 439 g/mol. The number of aliphatic hydroxyl groups excluding tert-OH is 1. The summed E-state index contributed by atoms with van der Waals surface area (Å²) in [6.45, 7) is 0.191. The minimum atomic E-state index is -0.759. The number of Topliss-reactive ketones (excluding diaryl/α,β-unsaturated/α-hetero) is 1. The number of amides is 1. The number of aliphatic hydroxyl groups is 1. The summed E-state index contributed by atoms with van der Waals surface area (Å²) < 4.78 is 11.0. The lowest BCUT2D eigenvalue weighted by molar-refractivity contribution is -0.130. The molecule has 2 heterocycles. The van der Waals surface area contributed by atoms with E-state index in [0.29, 0.717) is 11.3 Å². The highest BCUT2D eigenvalue weighted by Crippen LogP contribution is 2.40. The van der Waals surface area contributed by atoms with E-state index in [1.54, 1.807) is 19.2 Å². The van der Waals surface area contributed by atoms with E-state index < -0.39 is 23.5 Å². The minimum absolute atomic E-state index is 0.00755. The molecule has 0 saturated heterocycles. The van der Waals surface area contributed by atoms with Crippen molar-refractivity contribution < 1.29 is 23.8 Å². The fourth-order valence-electron chi connectivity index (χ4n) is 4.22. The number of hydrogen-bond acceptors (Lipinski definition) is 5. The van der Waals surface area contributed by atoms with Crippen molar-refractivity contribution in [1.82, 2.24) is 4.90 Å². The number of rotatable bonds is 6. The molecule has 33 heavy (non-hydrogen) atoms. The zero-order valence-corrected chi connectivity index (χ0v) is 17.9. The van der Waals surface area contributed by atoms with Gasteiger partial charge in [0.15, 0.2) is 11.5 Å². The molecule has 1 aromatic heterocycles. The number of fused-ring (bicyclic) bond motifs is 1. The fraction of sp³-hybridized carbons (Fsp3) is 0.111. The molecule has 0 saturated carbocycles. The molecule has 0 aliphatic carbocycles. The van der Waals surface area contributed by atoms with Crippen molar-refractivity contribution in [3.63, 3.8) is 0 Å². The second-order valence-electron chi connectivity index (χ2n) is 7.84. The molecule has 1 aliphatic rings. The van der Waals surface area contributed by atoms with Crippen LogP contribution < -0.4 is 4.74 Å². The van der Waals surface area contributed by atoms with E-state index in [1.807, 2.05) is 72.8 Å². The van der Waals surface area contributed by atoms with Gasteiger partial charge in [-0.25, -0.2) is 0 Å². The van der Waals surface area contributed by atoms with Crippen LogP contribution in [0, 0.1) is 0 Å². The van der Waals surface area contributed by atoms with Gasteiger partial charge in [-0.1, -0.05) is 60.7 Å². The zero-order chi connectivity index (χ0) is 22.9. The second-order valence-corrected chi connectivity index (χ2v) is 7.84. The number of ether oxygens (including phenoxy) is 1. The number of methoxy groups -OCH3 is 1.